The average Bonchev–Trinajstić information content (AvgIpc) is 3.02. The van der Waals surface area contributed by atoms with Crippen LogP contribution in [0.5, 0.6) is 0 Å². The summed E-state index contributed by atoms with van der Waals surface area (Å²) in [7, 11) is -0.435. The van der Waals surface area contributed by atoms with Crippen LogP contribution in [-0.2, 0) is 14.1 Å². The Labute approximate surface area is 157 Å². The maximum absolute atomic E-state index is 11.5. The number of benzene rings is 1. The normalized spacial score (nSPS) is 19.6. The van der Waals surface area contributed by atoms with Crippen molar-refractivity contribution >= 4 is 51.5 Å². The summed E-state index contributed by atoms with van der Waals surface area (Å²) in [6, 6.07) is 8.34. The van der Waals surface area contributed by atoms with Gasteiger partial charge in [-0.05, 0) is 55.6 Å². The first-order valence-corrected chi connectivity index (χ1v) is 10.2. The SMILES string of the molecule is CC(=O)SCC(=Cc1csc2ccccc12)B1OC(C)(C)C(C)(C)O1. The third-order valence-corrected chi connectivity index (χ3v) is 6.72. The number of carbonyl (C=O) groups excluding carboxylic acids is 1. The second kappa shape index (κ2) is 6.91. The lowest BCUT2D eigenvalue weighted by Gasteiger charge is -2.32. The van der Waals surface area contributed by atoms with E-state index in [1.54, 1.807) is 18.3 Å². The van der Waals surface area contributed by atoms with Crippen LogP contribution in [0.3, 0.4) is 0 Å². The molecule has 0 saturated carbocycles. The number of fused-ring (bicyclic) bond motifs is 1. The van der Waals surface area contributed by atoms with E-state index in [0.717, 1.165) is 11.0 Å². The minimum absolute atomic E-state index is 0.0950. The molecule has 3 rings (SSSR count). The van der Waals surface area contributed by atoms with Gasteiger partial charge in [0.15, 0.2) is 5.12 Å². The van der Waals surface area contributed by atoms with Gasteiger partial charge in [-0.1, -0.05) is 36.0 Å². The minimum atomic E-state index is -0.435. The lowest BCUT2D eigenvalue weighted by Crippen LogP contribution is -2.41. The maximum Gasteiger partial charge on any atom is 0.491 e. The van der Waals surface area contributed by atoms with Gasteiger partial charge in [-0.25, -0.2) is 0 Å². The second-order valence-corrected chi connectivity index (χ2v) is 9.34. The summed E-state index contributed by atoms with van der Waals surface area (Å²) in [5, 5.41) is 3.46. The molecule has 3 nitrogen and oxygen atoms in total. The highest BCUT2D eigenvalue weighted by Gasteiger charge is 2.52. The Morgan fingerprint density at radius 3 is 2.48 bits per heavy atom. The highest BCUT2D eigenvalue weighted by atomic mass is 32.2. The summed E-state index contributed by atoms with van der Waals surface area (Å²) >= 11 is 3.01. The standard InChI is InChI=1S/C19H23BO3S2/c1-13(21)24-12-15(20-22-18(2,3)19(4,5)23-20)10-14-11-25-17-9-7-6-8-16(14)17/h6-11H,12H2,1-5H3. The zero-order valence-corrected chi connectivity index (χ0v) is 16.9. The van der Waals surface area contributed by atoms with Gasteiger partial charge in [0.2, 0.25) is 0 Å². The largest absolute Gasteiger partial charge is 0.491 e. The zero-order chi connectivity index (χ0) is 18.2. The smallest absolute Gasteiger partial charge is 0.400 e. The fraction of sp³-hybridized carbons (Fsp3) is 0.421. The molecule has 1 aliphatic heterocycles. The van der Waals surface area contributed by atoms with Crippen molar-refractivity contribution in [3.63, 3.8) is 0 Å². The third-order valence-electron chi connectivity index (χ3n) is 4.85. The fourth-order valence-electron chi connectivity index (χ4n) is 2.67. The van der Waals surface area contributed by atoms with Crippen molar-refractivity contribution < 1.29 is 14.1 Å². The van der Waals surface area contributed by atoms with E-state index in [9.17, 15) is 4.79 Å². The lowest BCUT2D eigenvalue weighted by atomic mass is 9.78. The third kappa shape index (κ3) is 3.87. The van der Waals surface area contributed by atoms with E-state index < -0.39 is 18.3 Å². The monoisotopic (exact) mass is 374 g/mol. The molecule has 0 N–H and O–H groups in total. The van der Waals surface area contributed by atoms with Crippen LogP contribution in [0.15, 0.2) is 35.1 Å². The number of hydrogen-bond donors (Lipinski definition) is 0. The Morgan fingerprint density at radius 2 is 1.84 bits per heavy atom. The average molecular weight is 374 g/mol. The van der Waals surface area contributed by atoms with Crippen molar-refractivity contribution in [3.8, 4) is 0 Å². The molecule has 1 saturated heterocycles. The molecule has 25 heavy (non-hydrogen) atoms. The van der Waals surface area contributed by atoms with Crippen molar-refractivity contribution in [2.45, 2.75) is 45.8 Å². The van der Waals surface area contributed by atoms with Crippen LogP contribution in [0.2, 0.25) is 0 Å². The van der Waals surface area contributed by atoms with Crippen molar-refractivity contribution in [2.75, 3.05) is 5.75 Å². The highest BCUT2D eigenvalue weighted by molar-refractivity contribution is 8.13. The van der Waals surface area contributed by atoms with Crippen molar-refractivity contribution in [1.29, 1.82) is 0 Å². The number of hydrogen-bond acceptors (Lipinski definition) is 5. The molecule has 6 heteroatoms. The topological polar surface area (TPSA) is 35.5 Å². The molecular weight excluding hydrogens is 351 g/mol. The Hall–Kier alpha value is -1.08. The van der Waals surface area contributed by atoms with Gasteiger partial charge >= 0.3 is 7.12 Å². The Balaban J connectivity index is 1.96. The van der Waals surface area contributed by atoms with E-state index in [2.05, 4.69) is 23.6 Å². The summed E-state index contributed by atoms with van der Waals surface area (Å²) in [6.45, 7) is 9.77. The molecule has 0 amide bonds. The lowest BCUT2D eigenvalue weighted by molar-refractivity contribution is -0.109. The Morgan fingerprint density at radius 1 is 1.20 bits per heavy atom. The minimum Gasteiger partial charge on any atom is -0.400 e. The molecule has 1 aromatic carbocycles. The van der Waals surface area contributed by atoms with Gasteiger partial charge in [-0.15, -0.1) is 11.3 Å². The Bertz CT molecular complexity index is 807. The number of rotatable bonds is 4. The molecule has 0 unspecified atom stereocenters. The van der Waals surface area contributed by atoms with E-state index in [1.165, 1.54) is 21.8 Å². The molecular formula is C19H23BO3S2. The van der Waals surface area contributed by atoms with Gasteiger partial charge in [-0.2, -0.15) is 0 Å². The number of thioether (sulfide) groups is 1. The number of thiophene rings is 1. The summed E-state index contributed by atoms with van der Waals surface area (Å²) in [6.07, 6.45) is 2.12. The van der Waals surface area contributed by atoms with Crippen LogP contribution in [0.25, 0.3) is 16.2 Å². The van der Waals surface area contributed by atoms with Gasteiger partial charge in [0.1, 0.15) is 0 Å². The molecule has 0 atom stereocenters. The van der Waals surface area contributed by atoms with Crippen LogP contribution in [0.4, 0.5) is 0 Å². The molecule has 1 fully saturated rings. The van der Waals surface area contributed by atoms with Gasteiger partial charge < -0.3 is 9.31 Å². The van der Waals surface area contributed by atoms with Gasteiger partial charge in [0.25, 0.3) is 0 Å². The van der Waals surface area contributed by atoms with E-state index in [0.29, 0.717) is 5.75 Å². The van der Waals surface area contributed by atoms with Crippen molar-refractivity contribution in [1.82, 2.24) is 0 Å². The molecule has 0 spiro atoms. The molecule has 1 aromatic heterocycles. The van der Waals surface area contributed by atoms with Crippen LogP contribution < -0.4 is 0 Å². The molecule has 132 valence electrons. The predicted octanol–water partition coefficient (Wildman–Crippen LogP) is 5.20. The van der Waals surface area contributed by atoms with Crippen LogP contribution in [0, 0.1) is 0 Å². The van der Waals surface area contributed by atoms with Gasteiger partial charge in [-0.3, -0.25) is 4.79 Å². The quantitative estimate of drug-likeness (QED) is 0.690. The first-order chi connectivity index (χ1) is 11.7. The molecule has 2 heterocycles. The van der Waals surface area contributed by atoms with Gasteiger partial charge in [0, 0.05) is 17.4 Å². The molecule has 1 aliphatic rings. The maximum atomic E-state index is 11.5. The Kier molecular flexibility index (Phi) is 5.17. The summed E-state index contributed by atoms with van der Waals surface area (Å²) in [4.78, 5) is 11.5. The van der Waals surface area contributed by atoms with Crippen LogP contribution >= 0.6 is 23.1 Å². The summed E-state index contributed by atoms with van der Waals surface area (Å²) in [5.41, 5.74) is 1.35. The van der Waals surface area contributed by atoms with E-state index in [4.69, 9.17) is 9.31 Å². The van der Waals surface area contributed by atoms with E-state index in [-0.39, 0.29) is 5.12 Å². The van der Waals surface area contributed by atoms with Crippen molar-refractivity contribution in [2.24, 2.45) is 0 Å². The molecule has 2 aromatic rings. The predicted molar refractivity (Wildman–Crippen MR) is 109 cm³/mol. The fourth-order valence-corrected chi connectivity index (χ4v) is 4.18. The first-order valence-electron chi connectivity index (χ1n) is 8.35. The second-order valence-electron chi connectivity index (χ2n) is 7.27. The van der Waals surface area contributed by atoms with E-state index >= 15 is 0 Å². The van der Waals surface area contributed by atoms with E-state index in [1.807, 2.05) is 39.8 Å². The summed E-state index contributed by atoms with van der Waals surface area (Å²) in [5.74, 6) is 0.566. The molecule has 0 bridgehead atoms. The molecule has 0 aliphatic carbocycles. The highest BCUT2D eigenvalue weighted by Crippen LogP contribution is 2.40. The number of carbonyl (C=O) groups is 1. The van der Waals surface area contributed by atoms with Gasteiger partial charge in [0.05, 0.1) is 11.2 Å². The first kappa shape index (κ1) is 18.7. The summed E-state index contributed by atoms with van der Waals surface area (Å²) < 4.78 is 13.7. The zero-order valence-electron chi connectivity index (χ0n) is 15.3. The molecule has 0 radical (unpaired) electrons. The van der Waals surface area contributed by atoms with Crippen LogP contribution in [-0.4, -0.2) is 29.2 Å². The van der Waals surface area contributed by atoms with Crippen molar-refractivity contribution in [3.05, 3.63) is 40.7 Å². The van der Waals surface area contributed by atoms with Crippen LogP contribution in [0.1, 0.15) is 40.2 Å².